The van der Waals surface area contributed by atoms with Crippen molar-refractivity contribution in [1.82, 2.24) is 4.90 Å². The van der Waals surface area contributed by atoms with Crippen LogP contribution in [0.2, 0.25) is 0 Å². The number of piperidine rings is 1. The molecule has 0 spiro atoms. The number of β-amino-alcohol motifs (C(OH)–C–C–N with tert-alkyl or cyclic N) is 1. The lowest BCUT2D eigenvalue weighted by molar-refractivity contribution is 0.0638. The number of nitrogens with zero attached hydrogens (tertiary/aromatic N) is 1. The Hall–Kier alpha value is -1.10. The normalized spacial score (nSPS) is 23.8. The first kappa shape index (κ1) is 15.3. The van der Waals surface area contributed by atoms with Gasteiger partial charge in [0.05, 0.1) is 12.7 Å². The van der Waals surface area contributed by atoms with Gasteiger partial charge in [-0.2, -0.15) is 0 Å². The summed E-state index contributed by atoms with van der Waals surface area (Å²) in [7, 11) is 3.75. The predicted molar refractivity (Wildman–Crippen MR) is 79.3 cm³/mol. The molecule has 1 heterocycles. The van der Waals surface area contributed by atoms with E-state index in [-0.39, 0.29) is 12.0 Å². The lowest BCUT2D eigenvalue weighted by Crippen LogP contribution is -2.40. The topological polar surface area (TPSA) is 41.9 Å². The molecule has 2 rings (SSSR count). The van der Waals surface area contributed by atoms with E-state index in [0.29, 0.717) is 6.61 Å². The average molecular weight is 279 g/mol. The molecular formula is C16H25NO3. The zero-order valence-corrected chi connectivity index (χ0v) is 12.4. The number of aliphatic hydroxyl groups excluding tert-OH is 1. The Labute approximate surface area is 121 Å². The molecule has 20 heavy (non-hydrogen) atoms. The standard InChI is InChI=1S/C16H25NO3/c1-17-9-8-15(16(18)12-17)13-4-6-14(7-5-13)20-11-3-10-19-2/h4-7,15-16,18H,3,8-12H2,1-2H3/t15-,16+/m1/s1. The second-order valence-electron chi connectivity index (χ2n) is 5.49. The number of aliphatic hydroxyl groups is 1. The van der Waals surface area contributed by atoms with Gasteiger partial charge >= 0.3 is 0 Å². The van der Waals surface area contributed by atoms with E-state index in [1.807, 2.05) is 12.1 Å². The molecule has 2 atom stereocenters. The summed E-state index contributed by atoms with van der Waals surface area (Å²) in [4.78, 5) is 2.18. The van der Waals surface area contributed by atoms with Crippen LogP contribution in [-0.4, -0.2) is 56.6 Å². The maximum Gasteiger partial charge on any atom is 0.119 e. The third kappa shape index (κ3) is 4.20. The van der Waals surface area contributed by atoms with E-state index in [4.69, 9.17) is 9.47 Å². The van der Waals surface area contributed by atoms with Gasteiger partial charge < -0.3 is 19.5 Å². The highest BCUT2D eigenvalue weighted by Gasteiger charge is 2.26. The summed E-state index contributed by atoms with van der Waals surface area (Å²) >= 11 is 0. The molecule has 0 radical (unpaired) electrons. The lowest BCUT2D eigenvalue weighted by Gasteiger charge is -2.34. The van der Waals surface area contributed by atoms with Crippen molar-refractivity contribution in [3.8, 4) is 5.75 Å². The summed E-state index contributed by atoms with van der Waals surface area (Å²) in [6.45, 7) is 3.18. The molecule has 0 saturated carbocycles. The molecule has 0 aliphatic carbocycles. The molecule has 0 amide bonds. The van der Waals surface area contributed by atoms with E-state index in [2.05, 4.69) is 24.1 Å². The molecule has 1 aliphatic heterocycles. The molecular weight excluding hydrogens is 254 g/mol. The molecule has 4 nitrogen and oxygen atoms in total. The van der Waals surface area contributed by atoms with Crippen LogP contribution in [0.3, 0.4) is 0 Å². The van der Waals surface area contributed by atoms with Crippen LogP contribution >= 0.6 is 0 Å². The number of ether oxygens (including phenoxy) is 2. The number of rotatable bonds is 6. The van der Waals surface area contributed by atoms with Crippen LogP contribution in [0.25, 0.3) is 0 Å². The molecule has 1 fully saturated rings. The van der Waals surface area contributed by atoms with Crippen molar-refractivity contribution >= 4 is 0 Å². The van der Waals surface area contributed by atoms with Gasteiger partial charge in [0.1, 0.15) is 5.75 Å². The van der Waals surface area contributed by atoms with E-state index < -0.39 is 0 Å². The van der Waals surface area contributed by atoms with Gasteiger partial charge in [0.2, 0.25) is 0 Å². The highest BCUT2D eigenvalue weighted by atomic mass is 16.5. The third-order valence-corrected chi connectivity index (χ3v) is 3.85. The van der Waals surface area contributed by atoms with Crippen molar-refractivity contribution in [2.45, 2.75) is 24.9 Å². The van der Waals surface area contributed by atoms with Gasteiger partial charge in [0.15, 0.2) is 0 Å². The molecule has 1 aromatic rings. The van der Waals surface area contributed by atoms with Gasteiger partial charge in [-0.3, -0.25) is 0 Å². The fourth-order valence-corrected chi connectivity index (χ4v) is 2.68. The number of likely N-dealkylation sites (N-methyl/N-ethyl adjacent to an activating group) is 1. The number of hydrogen-bond acceptors (Lipinski definition) is 4. The van der Waals surface area contributed by atoms with Crippen molar-refractivity contribution in [2.75, 3.05) is 40.5 Å². The predicted octanol–water partition coefficient (Wildman–Crippen LogP) is 1.88. The Kier molecular flexibility index (Phi) is 5.83. The lowest BCUT2D eigenvalue weighted by atomic mass is 9.87. The fraction of sp³-hybridized carbons (Fsp3) is 0.625. The van der Waals surface area contributed by atoms with Crippen LogP contribution in [0.4, 0.5) is 0 Å². The van der Waals surface area contributed by atoms with Gasteiger partial charge in [0, 0.05) is 32.6 Å². The summed E-state index contributed by atoms with van der Waals surface area (Å²) in [5.41, 5.74) is 1.20. The van der Waals surface area contributed by atoms with Gasteiger partial charge in [0.25, 0.3) is 0 Å². The highest BCUT2D eigenvalue weighted by molar-refractivity contribution is 5.30. The molecule has 0 unspecified atom stereocenters. The van der Waals surface area contributed by atoms with Crippen molar-refractivity contribution in [1.29, 1.82) is 0 Å². The van der Waals surface area contributed by atoms with Crippen molar-refractivity contribution in [3.63, 3.8) is 0 Å². The minimum atomic E-state index is -0.276. The molecule has 0 bridgehead atoms. The number of likely N-dealkylation sites (tertiary alicyclic amines) is 1. The largest absolute Gasteiger partial charge is 0.494 e. The zero-order valence-electron chi connectivity index (χ0n) is 12.4. The van der Waals surface area contributed by atoms with Crippen LogP contribution < -0.4 is 4.74 Å². The molecule has 1 saturated heterocycles. The Bertz CT molecular complexity index is 393. The third-order valence-electron chi connectivity index (χ3n) is 3.85. The van der Waals surface area contributed by atoms with Crippen LogP contribution in [0.15, 0.2) is 24.3 Å². The quantitative estimate of drug-likeness (QED) is 0.807. The second-order valence-corrected chi connectivity index (χ2v) is 5.49. The van der Waals surface area contributed by atoms with Crippen LogP contribution in [-0.2, 0) is 4.74 Å². The number of hydrogen-bond donors (Lipinski definition) is 1. The Morgan fingerprint density at radius 3 is 2.65 bits per heavy atom. The Morgan fingerprint density at radius 1 is 1.25 bits per heavy atom. The highest BCUT2D eigenvalue weighted by Crippen LogP contribution is 2.29. The van der Waals surface area contributed by atoms with Gasteiger partial charge in [-0.15, -0.1) is 0 Å². The smallest absolute Gasteiger partial charge is 0.119 e. The first-order valence-electron chi connectivity index (χ1n) is 7.29. The SMILES string of the molecule is COCCCOc1ccc([C@H]2CCN(C)C[C@@H]2O)cc1. The zero-order chi connectivity index (χ0) is 14.4. The maximum absolute atomic E-state index is 10.2. The Balaban J connectivity index is 1.87. The molecule has 112 valence electrons. The van der Waals surface area contributed by atoms with Gasteiger partial charge in [-0.1, -0.05) is 12.1 Å². The maximum atomic E-state index is 10.2. The van der Waals surface area contributed by atoms with Gasteiger partial charge in [-0.05, 0) is 37.7 Å². The molecule has 1 aromatic carbocycles. The second kappa shape index (κ2) is 7.62. The van der Waals surface area contributed by atoms with Crippen molar-refractivity contribution in [3.05, 3.63) is 29.8 Å². The van der Waals surface area contributed by atoms with E-state index in [1.54, 1.807) is 7.11 Å². The minimum Gasteiger partial charge on any atom is -0.494 e. The molecule has 1 aliphatic rings. The van der Waals surface area contributed by atoms with Crippen LogP contribution in [0.5, 0.6) is 5.75 Å². The van der Waals surface area contributed by atoms with E-state index in [9.17, 15) is 5.11 Å². The first-order valence-corrected chi connectivity index (χ1v) is 7.29. The molecule has 1 N–H and O–H groups in total. The summed E-state index contributed by atoms with van der Waals surface area (Å²) in [5, 5.41) is 10.2. The first-order chi connectivity index (χ1) is 9.70. The summed E-state index contributed by atoms with van der Waals surface area (Å²) in [6, 6.07) is 8.13. The van der Waals surface area contributed by atoms with E-state index in [0.717, 1.165) is 38.3 Å². The summed E-state index contributed by atoms with van der Waals surface area (Å²) < 4.78 is 10.6. The van der Waals surface area contributed by atoms with Gasteiger partial charge in [-0.25, -0.2) is 0 Å². The monoisotopic (exact) mass is 279 g/mol. The summed E-state index contributed by atoms with van der Waals surface area (Å²) in [6.07, 6.45) is 1.62. The average Bonchev–Trinajstić information content (AvgIpc) is 2.45. The van der Waals surface area contributed by atoms with Crippen molar-refractivity contribution in [2.24, 2.45) is 0 Å². The van der Waals surface area contributed by atoms with E-state index in [1.165, 1.54) is 5.56 Å². The van der Waals surface area contributed by atoms with Crippen molar-refractivity contribution < 1.29 is 14.6 Å². The minimum absolute atomic E-state index is 0.244. The van der Waals surface area contributed by atoms with Crippen LogP contribution in [0.1, 0.15) is 24.3 Å². The van der Waals surface area contributed by atoms with E-state index >= 15 is 0 Å². The number of benzene rings is 1. The molecule has 0 aromatic heterocycles. The van der Waals surface area contributed by atoms with Crippen LogP contribution in [0, 0.1) is 0 Å². The Morgan fingerprint density at radius 2 is 2.00 bits per heavy atom. The fourth-order valence-electron chi connectivity index (χ4n) is 2.68. The summed E-state index contributed by atoms with van der Waals surface area (Å²) in [5.74, 6) is 1.13. The number of methoxy groups -OCH3 is 1. The molecule has 4 heteroatoms.